The zero-order valence-corrected chi connectivity index (χ0v) is 26.1. The van der Waals surface area contributed by atoms with Crippen LogP contribution in [0.15, 0.2) is 30.3 Å². The average Bonchev–Trinajstić information content (AvgIpc) is 3.38. The number of aromatic amines is 1. The number of carboxylic acids is 2. The second-order valence-corrected chi connectivity index (χ2v) is 12.0. The standard InChI is InChI=1S/C28H35N3O3.2C2HF3O2/c1-3-16-15-31-9-7-17-12-26(33)27(34-2)14-21(17)25(31)11-18(16)10-24-28-20(6-8-29-24)22-13-19(32)4-5-23(22)30-28;2*3-2(4,5)1(6)7/h4-5,12-14,16,18,24-25,29-30,32-33H,3,6-11,15H2,1-2H3;2*(H,6,7)/t16-,18-,24+,25-;;/m0../s1. The van der Waals surface area contributed by atoms with E-state index in [1.807, 2.05) is 18.2 Å². The van der Waals surface area contributed by atoms with Crippen molar-refractivity contribution in [1.82, 2.24) is 15.2 Å². The minimum absolute atomic E-state index is 0.247. The number of H-pyrrole nitrogens is 1. The Morgan fingerprint density at radius 2 is 1.62 bits per heavy atom. The molecule has 1 saturated heterocycles. The van der Waals surface area contributed by atoms with Crippen molar-refractivity contribution < 1.29 is 61.1 Å². The molecule has 6 rings (SSSR count). The van der Waals surface area contributed by atoms with Gasteiger partial charge in [-0.15, -0.1) is 0 Å². The lowest BCUT2D eigenvalue weighted by molar-refractivity contribution is -0.193. The average molecular weight is 690 g/mol. The molecule has 4 heterocycles. The van der Waals surface area contributed by atoms with E-state index in [9.17, 15) is 36.6 Å². The molecule has 264 valence electrons. The summed E-state index contributed by atoms with van der Waals surface area (Å²) in [5.41, 5.74) is 6.38. The Balaban J connectivity index is 0.000000314. The van der Waals surface area contributed by atoms with Crippen molar-refractivity contribution in [2.75, 3.05) is 26.7 Å². The number of carboxylic acid groups (broad SMARTS) is 2. The van der Waals surface area contributed by atoms with Crippen LogP contribution in [0, 0.1) is 11.8 Å². The molecule has 2 aromatic carbocycles. The molecular weight excluding hydrogens is 652 g/mol. The number of alkyl halides is 6. The lowest BCUT2D eigenvalue weighted by atomic mass is 9.73. The van der Waals surface area contributed by atoms with E-state index >= 15 is 0 Å². The third-order valence-electron chi connectivity index (χ3n) is 9.16. The highest BCUT2D eigenvalue weighted by atomic mass is 19.4. The monoisotopic (exact) mass is 689 g/mol. The number of halogens is 6. The SMILES string of the molecule is CC[C@H]1CN2CCc3cc(O)c(OC)cc3[C@@H]2C[C@@H]1C[C@H]1NCCc2c1[nH]c1ccc(O)cc21.O=C(O)C(F)(F)F.O=C(O)C(F)(F)F. The van der Waals surface area contributed by atoms with E-state index in [4.69, 9.17) is 24.5 Å². The van der Waals surface area contributed by atoms with Gasteiger partial charge in [0.15, 0.2) is 11.5 Å². The van der Waals surface area contributed by atoms with Crippen molar-refractivity contribution in [3.05, 3.63) is 52.7 Å². The summed E-state index contributed by atoms with van der Waals surface area (Å²) in [6.45, 7) is 5.50. The summed E-state index contributed by atoms with van der Waals surface area (Å²) in [5.74, 6) is -3.06. The number of methoxy groups -OCH3 is 1. The van der Waals surface area contributed by atoms with Gasteiger partial charge in [0, 0.05) is 41.8 Å². The first-order valence-electron chi connectivity index (χ1n) is 15.2. The molecule has 0 amide bonds. The van der Waals surface area contributed by atoms with Crippen LogP contribution in [0.25, 0.3) is 10.9 Å². The van der Waals surface area contributed by atoms with Gasteiger partial charge in [0.05, 0.1) is 7.11 Å². The van der Waals surface area contributed by atoms with Crippen molar-refractivity contribution >= 4 is 22.8 Å². The summed E-state index contributed by atoms with van der Waals surface area (Å²) in [6, 6.07) is 10.3. The molecule has 1 aromatic heterocycles. The molecule has 3 aliphatic rings. The number of ether oxygens (including phenoxy) is 1. The smallest absolute Gasteiger partial charge is 0.490 e. The first-order chi connectivity index (χ1) is 22.4. The largest absolute Gasteiger partial charge is 0.508 e. The fraction of sp³-hybridized carbons (Fsp3) is 0.500. The van der Waals surface area contributed by atoms with E-state index in [1.54, 1.807) is 13.2 Å². The molecule has 10 nitrogen and oxygen atoms in total. The Kier molecular flexibility index (Phi) is 11.1. The molecule has 6 N–H and O–H groups in total. The van der Waals surface area contributed by atoms with Crippen molar-refractivity contribution in [2.24, 2.45) is 11.8 Å². The van der Waals surface area contributed by atoms with Crippen LogP contribution in [0.1, 0.15) is 60.7 Å². The Morgan fingerprint density at radius 1 is 0.979 bits per heavy atom. The highest BCUT2D eigenvalue weighted by Crippen LogP contribution is 2.47. The molecule has 3 aromatic rings. The highest BCUT2D eigenvalue weighted by Gasteiger charge is 2.41. The maximum Gasteiger partial charge on any atom is 0.490 e. The molecule has 0 bridgehead atoms. The number of aromatic nitrogens is 1. The number of hydrogen-bond donors (Lipinski definition) is 6. The number of phenolic OH excluding ortho intramolecular Hbond substituents is 2. The zero-order valence-electron chi connectivity index (χ0n) is 26.1. The fourth-order valence-electron chi connectivity index (χ4n) is 6.91. The molecular formula is C32H37F6N3O7. The number of piperidine rings is 1. The molecule has 3 aliphatic heterocycles. The lowest BCUT2D eigenvalue weighted by Crippen LogP contribution is -2.46. The predicted octanol–water partition coefficient (Wildman–Crippen LogP) is 6.08. The quantitative estimate of drug-likeness (QED) is 0.179. The molecule has 16 heteroatoms. The normalized spacial score (nSPS) is 22.2. The van der Waals surface area contributed by atoms with Gasteiger partial charge in [-0.05, 0) is 91.1 Å². The molecule has 1 fully saturated rings. The van der Waals surface area contributed by atoms with Gasteiger partial charge < -0.3 is 35.5 Å². The first kappa shape index (κ1) is 36.7. The second kappa shape index (κ2) is 14.5. The van der Waals surface area contributed by atoms with E-state index in [0.29, 0.717) is 35.4 Å². The van der Waals surface area contributed by atoms with Gasteiger partial charge >= 0.3 is 24.3 Å². The number of rotatable bonds is 4. The van der Waals surface area contributed by atoms with Crippen molar-refractivity contribution in [3.63, 3.8) is 0 Å². The molecule has 0 radical (unpaired) electrons. The summed E-state index contributed by atoms with van der Waals surface area (Å²) in [7, 11) is 1.63. The Labute approximate surface area is 271 Å². The number of aromatic hydroxyl groups is 2. The van der Waals surface area contributed by atoms with Crippen molar-refractivity contribution in [2.45, 2.75) is 63.5 Å². The third-order valence-corrected chi connectivity index (χ3v) is 9.16. The molecule has 0 spiro atoms. The Bertz CT molecular complexity index is 1600. The highest BCUT2D eigenvalue weighted by molar-refractivity contribution is 5.86. The van der Waals surface area contributed by atoms with Gasteiger partial charge in [-0.1, -0.05) is 13.3 Å². The summed E-state index contributed by atoms with van der Waals surface area (Å²) in [5, 5.41) is 39.6. The Morgan fingerprint density at radius 3 is 2.21 bits per heavy atom. The summed E-state index contributed by atoms with van der Waals surface area (Å²) >= 11 is 0. The molecule has 48 heavy (non-hydrogen) atoms. The molecule has 0 saturated carbocycles. The van der Waals surface area contributed by atoms with Crippen LogP contribution in [0.4, 0.5) is 26.3 Å². The number of carbonyl (C=O) groups is 2. The summed E-state index contributed by atoms with van der Waals surface area (Å²) < 4.78 is 68.9. The van der Waals surface area contributed by atoms with Crippen molar-refractivity contribution in [3.8, 4) is 17.2 Å². The van der Waals surface area contributed by atoms with Gasteiger partial charge in [0.25, 0.3) is 0 Å². The first-order valence-corrected chi connectivity index (χ1v) is 15.2. The minimum atomic E-state index is -5.08. The Hall–Kier alpha value is -4.18. The molecule has 4 atom stereocenters. The van der Waals surface area contributed by atoms with Gasteiger partial charge in [-0.3, -0.25) is 4.90 Å². The number of nitrogens with one attached hydrogen (secondary N) is 2. The van der Waals surface area contributed by atoms with Gasteiger partial charge in [0.2, 0.25) is 0 Å². The van der Waals surface area contributed by atoms with Gasteiger partial charge in [0.1, 0.15) is 5.75 Å². The summed E-state index contributed by atoms with van der Waals surface area (Å²) in [4.78, 5) is 24.1. The third kappa shape index (κ3) is 8.27. The molecule has 0 unspecified atom stereocenters. The van der Waals surface area contributed by atoms with Crippen LogP contribution in [0.3, 0.4) is 0 Å². The van der Waals surface area contributed by atoms with Crippen LogP contribution < -0.4 is 10.1 Å². The minimum Gasteiger partial charge on any atom is -0.508 e. The fourth-order valence-corrected chi connectivity index (χ4v) is 6.91. The van der Waals surface area contributed by atoms with E-state index in [-0.39, 0.29) is 5.75 Å². The van der Waals surface area contributed by atoms with Crippen LogP contribution in [0.5, 0.6) is 17.2 Å². The van der Waals surface area contributed by atoms with Crippen LogP contribution in [-0.4, -0.2) is 81.3 Å². The van der Waals surface area contributed by atoms with Crippen LogP contribution in [0.2, 0.25) is 0 Å². The number of benzene rings is 2. The maximum absolute atomic E-state index is 10.6. The zero-order chi connectivity index (χ0) is 35.6. The van der Waals surface area contributed by atoms with E-state index in [1.165, 1.54) is 28.8 Å². The number of nitrogens with zero attached hydrogens (tertiary/aromatic N) is 1. The topological polar surface area (TPSA) is 155 Å². The van der Waals surface area contributed by atoms with Gasteiger partial charge in [-0.2, -0.15) is 26.3 Å². The van der Waals surface area contributed by atoms with E-state index in [0.717, 1.165) is 56.2 Å². The van der Waals surface area contributed by atoms with Crippen LogP contribution >= 0.6 is 0 Å². The molecule has 0 aliphatic carbocycles. The van der Waals surface area contributed by atoms with Crippen LogP contribution in [-0.2, 0) is 22.4 Å². The van der Waals surface area contributed by atoms with Crippen molar-refractivity contribution in [1.29, 1.82) is 0 Å². The summed E-state index contributed by atoms with van der Waals surface area (Å²) in [6.07, 6.45) is -4.75. The van der Waals surface area contributed by atoms with Gasteiger partial charge in [-0.25, -0.2) is 9.59 Å². The maximum atomic E-state index is 10.6. The predicted molar refractivity (Wildman–Crippen MR) is 161 cm³/mol. The number of hydrogen-bond acceptors (Lipinski definition) is 7. The van der Waals surface area contributed by atoms with E-state index in [2.05, 4.69) is 28.2 Å². The lowest BCUT2D eigenvalue weighted by Gasteiger charge is -2.48. The van der Waals surface area contributed by atoms with E-state index < -0.39 is 24.3 Å². The number of phenols is 2. The second-order valence-electron chi connectivity index (χ2n) is 12.0. The number of aliphatic carboxylic acids is 2. The number of fused-ring (bicyclic) bond motifs is 6.